The molecule has 1 heterocycles. The third-order valence-corrected chi connectivity index (χ3v) is 5.07. The molecule has 152 valence electrons. The van der Waals surface area contributed by atoms with Crippen molar-refractivity contribution in [3.63, 3.8) is 0 Å². The van der Waals surface area contributed by atoms with Gasteiger partial charge in [-0.1, -0.05) is 18.2 Å². The van der Waals surface area contributed by atoms with Gasteiger partial charge in [0.2, 0.25) is 11.8 Å². The molecule has 1 fully saturated rings. The van der Waals surface area contributed by atoms with Crippen LogP contribution in [-0.4, -0.2) is 37.5 Å². The van der Waals surface area contributed by atoms with E-state index in [-0.39, 0.29) is 31.4 Å². The van der Waals surface area contributed by atoms with Gasteiger partial charge in [0.1, 0.15) is 5.75 Å². The van der Waals surface area contributed by atoms with Gasteiger partial charge in [-0.2, -0.15) is 0 Å². The van der Waals surface area contributed by atoms with E-state index in [2.05, 4.69) is 21.2 Å². The summed E-state index contributed by atoms with van der Waals surface area (Å²) in [5.41, 5.74) is 1.28. The van der Waals surface area contributed by atoms with Crippen molar-refractivity contribution in [1.82, 2.24) is 0 Å². The molecule has 2 aromatic carbocycles. The molecule has 8 heteroatoms. The first-order chi connectivity index (χ1) is 14.0. The Kier molecular flexibility index (Phi) is 6.87. The molecule has 3 rings (SSSR count). The second-order valence-corrected chi connectivity index (χ2v) is 7.32. The molecule has 1 unspecified atom stereocenters. The van der Waals surface area contributed by atoms with Crippen molar-refractivity contribution in [2.45, 2.75) is 13.3 Å². The lowest BCUT2D eigenvalue weighted by Crippen LogP contribution is -2.28. The topological polar surface area (TPSA) is 84.9 Å². The van der Waals surface area contributed by atoms with E-state index in [4.69, 9.17) is 9.47 Å². The maximum absolute atomic E-state index is 12.7. The first kappa shape index (κ1) is 20.9. The summed E-state index contributed by atoms with van der Waals surface area (Å²) in [6.07, 6.45) is 0.145. The molecule has 29 heavy (non-hydrogen) atoms. The van der Waals surface area contributed by atoms with E-state index < -0.39 is 11.9 Å². The number of hydrogen-bond donors (Lipinski definition) is 1. The molecule has 1 N–H and O–H groups in total. The molecule has 0 spiro atoms. The maximum atomic E-state index is 12.7. The second-order valence-electron chi connectivity index (χ2n) is 6.47. The lowest BCUT2D eigenvalue weighted by Gasteiger charge is -2.18. The van der Waals surface area contributed by atoms with Crippen molar-refractivity contribution in [2.24, 2.45) is 5.92 Å². The molecule has 2 amide bonds. The number of anilines is 2. The van der Waals surface area contributed by atoms with Gasteiger partial charge >= 0.3 is 5.97 Å². The van der Waals surface area contributed by atoms with Gasteiger partial charge in [0.15, 0.2) is 6.61 Å². The Morgan fingerprint density at radius 3 is 2.76 bits per heavy atom. The zero-order chi connectivity index (χ0) is 20.8. The number of ether oxygens (including phenoxy) is 2. The first-order valence-corrected chi connectivity index (χ1v) is 10.0. The van der Waals surface area contributed by atoms with Crippen molar-refractivity contribution in [3.05, 3.63) is 53.0 Å². The molecule has 1 saturated heterocycles. The molecule has 0 radical (unpaired) electrons. The molecule has 1 atom stereocenters. The number of amides is 2. The van der Waals surface area contributed by atoms with Crippen LogP contribution in [0, 0.1) is 5.92 Å². The molecule has 1 aliphatic rings. The van der Waals surface area contributed by atoms with Gasteiger partial charge in [-0.05, 0) is 47.1 Å². The predicted octanol–water partition coefficient (Wildman–Crippen LogP) is 3.38. The summed E-state index contributed by atoms with van der Waals surface area (Å²) in [6, 6.07) is 14.2. The second kappa shape index (κ2) is 9.56. The fourth-order valence-electron chi connectivity index (χ4n) is 3.04. The van der Waals surface area contributed by atoms with Crippen LogP contribution in [0.2, 0.25) is 0 Å². The van der Waals surface area contributed by atoms with Crippen LogP contribution in [0.5, 0.6) is 5.75 Å². The number of halogens is 1. The lowest BCUT2D eigenvalue weighted by atomic mass is 10.1. The number of carbonyl (C=O) groups excluding carboxylic acids is 3. The highest BCUT2D eigenvalue weighted by molar-refractivity contribution is 9.10. The number of carbonyl (C=O) groups is 3. The van der Waals surface area contributed by atoms with Gasteiger partial charge < -0.3 is 19.7 Å². The summed E-state index contributed by atoms with van der Waals surface area (Å²) in [7, 11) is 0. The van der Waals surface area contributed by atoms with E-state index >= 15 is 0 Å². The highest BCUT2D eigenvalue weighted by Crippen LogP contribution is 2.31. The molecule has 0 saturated carbocycles. The number of benzene rings is 2. The average Bonchev–Trinajstić information content (AvgIpc) is 3.09. The largest absolute Gasteiger partial charge is 0.482 e. The third kappa shape index (κ3) is 5.35. The van der Waals surface area contributed by atoms with Gasteiger partial charge in [0.25, 0.3) is 0 Å². The Bertz CT molecular complexity index is 917. The van der Waals surface area contributed by atoms with Crippen LogP contribution in [0.3, 0.4) is 0 Å². The van der Waals surface area contributed by atoms with E-state index in [1.807, 2.05) is 24.3 Å². The number of hydrogen-bond acceptors (Lipinski definition) is 5. The van der Waals surface area contributed by atoms with E-state index in [0.717, 1.165) is 10.2 Å². The normalized spacial score (nSPS) is 15.9. The van der Waals surface area contributed by atoms with E-state index in [1.165, 1.54) is 0 Å². The number of rotatable bonds is 7. The monoisotopic (exact) mass is 460 g/mol. The summed E-state index contributed by atoms with van der Waals surface area (Å²) in [6.45, 7) is 2.12. The molecular formula is C21H21BrN2O5. The summed E-state index contributed by atoms with van der Waals surface area (Å²) in [5, 5.41) is 2.82. The smallest absolute Gasteiger partial charge is 0.344 e. The maximum Gasteiger partial charge on any atom is 0.344 e. The minimum absolute atomic E-state index is 0.0939. The van der Waals surface area contributed by atoms with Crippen LogP contribution < -0.4 is 15.0 Å². The Balaban J connectivity index is 1.61. The van der Waals surface area contributed by atoms with Gasteiger partial charge in [-0.25, -0.2) is 4.79 Å². The van der Waals surface area contributed by atoms with Crippen LogP contribution in [0.1, 0.15) is 13.3 Å². The number of para-hydroxylation sites is 1. The Labute approximate surface area is 177 Å². The zero-order valence-electron chi connectivity index (χ0n) is 15.9. The minimum atomic E-state index is -0.460. The van der Waals surface area contributed by atoms with E-state index in [0.29, 0.717) is 18.0 Å². The molecule has 2 aromatic rings. The molecule has 0 aromatic heterocycles. The van der Waals surface area contributed by atoms with E-state index in [9.17, 15) is 14.4 Å². The van der Waals surface area contributed by atoms with Crippen LogP contribution in [0.4, 0.5) is 11.4 Å². The summed E-state index contributed by atoms with van der Waals surface area (Å²) in [5.74, 6) is -0.815. The molecular weight excluding hydrogens is 440 g/mol. The van der Waals surface area contributed by atoms with Crippen molar-refractivity contribution in [3.8, 4) is 5.75 Å². The van der Waals surface area contributed by atoms with Crippen LogP contribution in [-0.2, 0) is 19.1 Å². The standard InChI is InChI=1S/C21H21BrN2O5/c1-2-28-20(26)13-29-16-7-5-6-15(11-16)23-21(27)14-10-19(25)24(12-14)18-9-4-3-8-17(18)22/h3-9,11,14H,2,10,12-13H2,1H3,(H,23,27). The molecule has 0 bridgehead atoms. The number of nitrogens with zero attached hydrogens (tertiary/aromatic N) is 1. The van der Waals surface area contributed by atoms with Gasteiger partial charge in [0.05, 0.1) is 18.2 Å². The van der Waals surface area contributed by atoms with Gasteiger partial charge in [0, 0.05) is 29.2 Å². The molecule has 7 nitrogen and oxygen atoms in total. The average molecular weight is 461 g/mol. The summed E-state index contributed by atoms with van der Waals surface area (Å²) in [4.78, 5) is 38.1. The van der Waals surface area contributed by atoms with Crippen molar-refractivity contribution in [2.75, 3.05) is 30.0 Å². The van der Waals surface area contributed by atoms with Crippen LogP contribution in [0.25, 0.3) is 0 Å². The molecule has 1 aliphatic heterocycles. The van der Waals surface area contributed by atoms with Gasteiger partial charge in [-0.15, -0.1) is 0 Å². The molecule has 0 aliphatic carbocycles. The summed E-state index contributed by atoms with van der Waals surface area (Å²) < 4.78 is 11.0. The van der Waals surface area contributed by atoms with Gasteiger partial charge in [-0.3, -0.25) is 9.59 Å². The zero-order valence-corrected chi connectivity index (χ0v) is 17.5. The Hall–Kier alpha value is -2.87. The Morgan fingerprint density at radius 1 is 1.21 bits per heavy atom. The van der Waals surface area contributed by atoms with Crippen LogP contribution in [0.15, 0.2) is 53.0 Å². The minimum Gasteiger partial charge on any atom is -0.482 e. The van der Waals surface area contributed by atoms with Crippen molar-refractivity contribution in [1.29, 1.82) is 0 Å². The highest BCUT2D eigenvalue weighted by atomic mass is 79.9. The summed E-state index contributed by atoms with van der Waals surface area (Å²) >= 11 is 3.45. The van der Waals surface area contributed by atoms with Crippen molar-refractivity contribution < 1.29 is 23.9 Å². The fourth-order valence-corrected chi connectivity index (χ4v) is 3.54. The Morgan fingerprint density at radius 2 is 2.00 bits per heavy atom. The number of esters is 1. The SMILES string of the molecule is CCOC(=O)COc1cccc(NC(=O)C2CC(=O)N(c3ccccc3Br)C2)c1. The lowest BCUT2D eigenvalue weighted by molar-refractivity contribution is -0.145. The third-order valence-electron chi connectivity index (χ3n) is 4.40. The van der Waals surface area contributed by atoms with Crippen molar-refractivity contribution >= 4 is 45.1 Å². The highest BCUT2D eigenvalue weighted by Gasteiger charge is 2.35. The quantitative estimate of drug-likeness (QED) is 0.640. The van der Waals surface area contributed by atoms with Crippen LogP contribution >= 0.6 is 15.9 Å². The predicted molar refractivity (Wildman–Crippen MR) is 112 cm³/mol. The van der Waals surface area contributed by atoms with E-state index in [1.54, 1.807) is 36.1 Å². The first-order valence-electron chi connectivity index (χ1n) is 9.22. The number of nitrogens with one attached hydrogen (secondary N) is 1. The fraction of sp³-hybridized carbons (Fsp3) is 0.286.